The van der Waals surface area contributed by atoms with Gasteiger partial charge in [0.05, 0.1) is 22.3 Å². The zero-order valence-corrected chi connectivity index (χ0v) is 20.7. The van der Waals surface area contributed by atoms with Crippen molar-refractivity contribution in [2.75, 3.05) is 13.6 Å². The minimum atomic E-state index is -1.98. The monoisotopic (exact) mass is 547 g/mol. The van der Waals surface area contributed by atoms with E-state index in [1.165, 1.54) is 31.1 Å². The topological polar surface area (TPSA) is 95.8 Å². The highest BCUT2D eigenvalue weighted by molar-refractivity contribution is 6.36. The van der Waals surface area contributed by atoms with Crippen molar-refractivity contribution in [2.45, 2.75) is 19.4 Å². The van der Waals surface area contributed by atoms with E-state index in [0.29, 0.717) is 11.6 Å². The number of nitrogens with zero attached hydrogens (tertiary/aromatic N) is 2. The van der Waals surface area contributed by atoms with Gasteiger partial charge in [-0.25, -0.2) is 22.0 Å². The molecule has 0 aliphatic carbocycles. The number of hydrogen-bond donors (Lipinski definition) is 3. The number of amides is 1. The average molecular weight is 548 g/mol. The van der Waals surface area contributed by atoms with Crippen LogP contribution in [0.5, 0.6) is 0 Å². The van der Waals surface area contributed by atoms with Crippen molar-refractivity contribution in [1.82, 2.24) is 15.2 Å². The molecule has 1 atom stereocenters. The van der Waals surface area contributed by atoms with Crippen LogP contribution in [-0.4, -0.2) is 41.1 Å². The largest absolute Gasteiger partial charge is 0.387 e. The third kappa shape index (κ3) is 4.52. The fraction of sp³-hybridized carbons (Fsp3) is 0.192. The van der Waals surface area contributed by atoms with Crippen LogP contribution < -0.4 is 5.32 Å². The molecular formula is C26H19ClF5N5O. The van der Waals surface area contributed by atoms with Crippen LogP contribution in [0.4, 0.5) is 22.0 Å². The van der Waals surface area contributed by atoms with Crippen molar-refractivity contribution in [2.24, 2.45) is 0 Å². The lowest BCUT2D eigenvalue weighted by Crippen LogP contribution is -2.48. The summed E-state index contributed by atoms with van der Waals surface area (Å²) in [7, 11) is 1.35. The number of carbonyl (C=O) groups is 1. The maximum absolute atomic E-state index is 14.5. The summed E-state index contributed by atoms with van der Waals surface area (Å²) < 4.78 is 70.3. The summed E-state index contributed by atoms with van der Waals surface area (Å²) in [4.78, 5) is 17.4. The number of benzene rings is 2. The second-order valence-electron chi connectivity index (χ2n) is 8.52. The molecule has 4 rings (SSSR count). The molecule has 38 heavy (non-hydrogen) atoms. The smallest absolute Gasteiger partial charge is 0.256 e. The van der Waals surface area contributed by atoms with Gasteiger partial charge < -0.3 is 20.6 Å². The number of aromatic nitrogens is 1. The summed E-state index contributed by atoms with van der Waals surface area (Å²) in [5.74, 6) is -8.59. The molecule has 1 aromatic heterocycles. The molecule has 3 aromatic rings. The molecule has 1 aliphatic heterocycles. The van der Waals surface area contributed by atoms with Gasteiger partial charge in [-0.15, -0.1) is 0 Å². The first-order chi connectivity index (χ1) is 18.0. The first kappa shape index (κ1) is 26.9. The van der Waals surface area contributed by atoms with E-state index in [0.717, 1.165) is 12.1 Å². The molecule has 0 radical (unpaired) electrons. The summed E-state index contributed by atoms with van der Waals surface area (Å²) in [6.45, 7) is 1.48. The lowest BCUT2D eigenvalue weighted by atomic mass is 9.90. The van der Waals surface area contributed by atoms with Crippen molar-refractivity contribution in [3.63, 3.8) is 0 Å². The Morgan fingerprint density at radius 1 is 1.13 bits per heavy atom. The van der Waals surface area contributed by atoms with E-state index in [9.17, 15) is 26.7 Å². The van der Waals surface area contributed by atoms with E-state index in [2.05, 4.69) is 10.3 Å². The number of aromatic amines is 1. The third-order valence-corrected chi connectivity index (χ3v) is 6.79. The van der Waals surface area contributed by atoms with E-state index >= 15 is 0 Å². The van der Waals surface area contributed by atoms with E-state index in [-0.39, 0.29) is 51.8 Å². The van der Waals surface area contributed by atoms with Crippen LogP contribution in [0.2, 0.25) is 5.02 Å². The Morgan fingerprint density at radius 3 is 2.47 bits per heavy atom. The number of nitriles is 1. The lowest BCUT2D eigenvalue weighted by Gasteiger charge is -2.36. The van der Waals surface area contributed by atoms with E-state index in [1.807, 2.05) is 6.07 Å². The number of rotatable bonds is 4. The summed E-state index contributed by atoms with van der Waals surface area (Å²) in [5.41, 5.74) is -0.121. The number of halogens is 6. The van der Waals surface area contributed by atoms with Crippen molar-refractivity contribution < 1.29 is 26.7 Å². The SMILES string of the molecule is CN/C(=C1/CCN(C(=O)c2cc(F)cc(-c3c[nH]c(C#N)c3)c2Cl)[C@@H](C)C1=N)c1cc(F)c(F)c(F)c1F. The highest BCUT2D eigenvalue weighted by Crippen LogP contribution is 2.35. The summed E-state index contributed by atoms with van der Waals surface area (Å²) in [5, 5.41) is 20.2. The Bertz CT molecular complexity index is 1560. The van der Waals surface area contributed by atoms with Crippen LogP contribution in [0.25, 0.3) is 16.8 Å². The van der Waals surface area contributed by atoms with Crippen molar-refractivity contribution in [3.8, 4) is 17.2 Å². The quantitative estimate of drug-likeness (QED) is 0.219. The molecule has 0 spiro atoms. The zero-order valence-electron chi connectivity index (χ0n) is 19.9. The van der Waals surface area contributed by atoms with Crippen LogP contribution in [-0.2, 0) is 0 Å². The maximum Gasteiger partial charge on any atom is 0.256 e. The molecule has 0 unspecified atom stereocenters. The van der Waals surface area contributed by atoms with E-state index in [4.69, 9.17) is 22.3 Å². The molecule has 2 heterocycles. The predicted molar refractivity (Wildman–Crippen MR) is 131 cm³/mol. The van der Waals surface area contributed by atoms with Crippen molar-refractivity contribution in [1.29, 1.82) is 10.7 Å². The minimum Gasteiger partial charge on any atom is -0.387 e. The van der Waals surface area contributed by atoms with Crippen LogP contribution in [0.15, 0.2) is 36.0 Å². The Kier molecular flexibility index (Phi) is 7.29. The highest BCUT2D eigenvalue weighted by Gasteiger charge is 2.35. The molecule has 1 amide bonds. The molecule has 1 fully saturated rings. The third-order valence-electron chi connectivity index (χ3n) is 6.38. The summed E-state index contributed by atoms with van der Waals surface area (Å²) >= 11 is 6.48. The predicted octanol–water partition coefficient (Wildman–Crippen LogP) is 5.79. The van der Waals surface area contributed by atoms with Gasteiger partial charge in [0.25, 0.3) is 5.91 Å². The van der Waals surface area contributed by atoms with Crippen molar-refractivity contribution >= 4 is 28.9 Å². The lowest BCUT2D eigenvalue weighted by molar-refractivity contribution is 0.0728. The number of carbonyl (C=O) groups excluding carboxylic acids is 1. The first-order valence-corrected chi connectivity index (χ1v) is 11.6. The van der Waals surface area contributed by atoms with Gasteiger partial charge >= 0.3 is 0 Å². The Labute approximate surface area is 218 Å². The molecule has 1 saturated heterocycles. The van der Waals surface area contributed by atoms with Gasteiger partial charge in [0, 0.05) is 47.7 Å². The van der Waals surface area contributed by atoms with E-state index in [1.54, 1.807) is 0 Å². The molecule has 2 aromatic carbocycles. The Hall–Kier alpha value is -4.17. The van der Waals surface area contributed by atoms with Crippen LogP contribution in [0, 0.1) is 45.8 Å². The fourth-order valence-electron chi connectivity index (χ4n) is 4.43. The summed E-state index contributed by atoms with van der Waals surface area (Å²) in [6.07, 6.45) is 1.41. The molecule has 0 saturated carbocycles. The number of likely N-dealkylation sites (tertiary alicyclic amines) is 1. The first-order valence-electron chi connectivity index (χ1n) is 11.2. The second kappa shape index (κ2) is 10.3. The molecule has 196 valence electrons. The van der Waals surface area contributed by atoms with Gasteiger partial charge in [-0.1, -0.05) is 11.6 Å². The zero-order chi connectivity index (χ0) is 27.9. The fourth-order valence-corrected chi connectivity index (χ4v) is 4.73. The molecule has 1 aliphatic rings. The number of hydrogen-bond acceptors (Lipinski definition) is 4. The van der Waals surface area contributed by atoms with Gasteiger partial charge in [0.2, 0.25) is 0 Å². The summed E-state index contributed by atoms with van der Waals surface area (Å²) in [6, 6.07) is 5.02. The number of nitrogens with one attached hydrogen (secondary N) is 3. The molecular weight excluding hydrogens is 529 g/mol. The van der Waals surface area contributed by atoms with Gasteiger partial charge in [-0.05, 0) is 37.6 Å². The maximum atomic E-state index is 14.5. The second-order valence-corrected chi connectivity index (χ2v) is 8.90. The normalized spacial score (nSPS) is 16.9. The minimum absolute atomic E-state index is 0.0262. The Morgan fingerprint density at radius 2 is 1.84 bits per heavy atom. The number of H-pyrrole nitrogens is 1. The number of piperidine rings is 1. The van der Waals surface area contributed by atoms with Gasteiger partial charge in [-0.2, -0.15) is 5.26 Å². The molecule has 0 bridgehead atoms. The van der Waals surface area contributed by atoms with Gasteiger partial charge in [-0.3, -0.25) is 4.79 Å². The van der Waals surface area contributed by atoms with E-state index < -0.39 is 46.6 Å². The molecule has 3 N–H and O–H groups in total. The van der Waals surface area contributed by atoms with Crippen LogP contribution in [0.3, 0.4) is 0 Å². The standard InChI is InChI=1S/C26H19ClF5N5O/c1-11-24(34)15(25(35-2)18-8-19(29)22(31)23(32)21(18)30)3-4-37(11)26(38)17-7-13(28)6-16(20(17)27)12-5-14(9-33)36-10-12/h5-8,10-11,34-36H,3-4H2,1-2H3/b25-15-,34-24?/t11-/m0/s1. The molecule has 6 nitrogen and oxygen atoms in total. The Balaban J connectivity index is 1.70. The molecule has 12 heteroatoms. The van der Waals surface area contributed by atoms with Crippen LogP contribution in [0.1, 0.15) is 35.0 Å². The van der Waals surface area contributed by atoms with Crippen LogP contribution >= 0.6 is 11.6 Å². The van der Waals surface area contributed by atoms with Gasteiger partial charge in [0.1, 0.15) is 17.6 Å². The average Bonchev–Trinajstić information content (AvgIpc) is 3.38. The highest BCUT2D eigenvalue weighted by atomic mass is 35.5. The van der Waals surface area contributed by atoms with Crippen molar-refractivity contribution in [3.05, 3.63) is 87.0 Å². The van der Waals surface area contributed by atoms with Gasteiger partial charge in [0.15, 0.2) is 23.3 Å².